The minimum Gasteiger partial charge on any atom is -0.481 e. The molecule has 1 saturated heterocycles. The molecule has 1 N–H and O–H groups in total. The van der Waals surface area contributed by atoms with E-state index in [-0.39, 0.29) is 5.92 Å². The molecule has 2 aromatic rings. The van der Waals surface area contributed by atoms with E-state index in [0.717, 1.165) is 18.1 Å². The molecule has 0 aliphatic carbocycles. The molecule has 4 nitrogen and oxygen atoms in total. The Hall–Kier alpha value is -2.34. The SMILES string of the molecule is CCc1ccc(C(c2ccc(F)cc2F)N2CCC(C(=O)O)CC2)nc1. The van der Waals surface area contributed by atoms with Crippen LogP contribution in [0.3, 0.4) is 0 Å². The fourth-order valence-electron chi connectivity index (χ4n) is 3.48. The maximum Gasteiger partial charge on any atom is 0.306 e. The van der Waals surface area contributed by atoms with E-state index in [1.54, 1.807) is 6.20 Å². The second-order valence-electron chi connectivity index (χ2n) is 6.66. The number of carboxylic acids is 1. The van der Waals surface area contributed by atoms with Crippen LogP contribution in [-0.4, -0.2) is 34.0 Å². The standard InChI is InChI=1S/C20H22F2N2O2/c1-2-13-3-6-18(23-12-13)19(16-5-4-15(21)11-17(16)22)24-9-7-14(8-10-24)20(25)26/h3-6,11-12,14,19H,2,7-10H2,1H3,(H,25,26). The third-order valence-electron chi connectivity index (χ3n) is 5.04. The summed E-state index contributed by atoms with van der Waals surface area (Å²) in [6, 6.07) is 6.95. The molecule has 3 rings (SSSR count). The molecule has 1 aliphatic heterocycles. The van der Waals surface area contributed by atoms with Gasteiger partial charge in [0, 0.05) is 17.8 Å². The first-order valence-corrected chi connectivity index (χ1v) is 8.86. The Bertz CT molecular complexity index is 772. The fraction of sp³-hybridized carbons (Fsp3) is 0.400. The second kappa shape index (κ2) is 7.91. The van der Waals surface area contributed by atoms with Gasteiger partial charge in [0.25, 0.3) is 0 Å². The Balaban J connectivity index is 1.95. The Kier molecular flexibility index (Phi) is 5.61. The van der Waals surface area contributed by atoms with Crippen molar-refractivity contribution in [2.24, 2.45) is 5.92 Å². The topological polar surface area (TPSA) is 53.4 Å². The molecule has 2 heterocycles. The van der Waals surface area contributed by atoms with E-state index in [9.17, 15) is 18.7 Å². The number of aromatic nitrogens is 1. The summed E-state index contributed by atoms with van der Waals surface area (Å²) in [5.74, 6) is -2.40. The summed E-state index contributed by atoms with van der Waals surface area (Å²) in [6.45, 7) is 3.08. The van der Waals surface area contributed by atoms with Gasteiger partial charge in [0.15, 0.2) is 0 Å². The second-order valence-corrected chi connectivity index (χ2v) is 6.66. The number of carboxylic acid groups (broad SMARTS) is 1. The molecule has 1 fully saturated rings. The van der Waals surface area contributed by atoms with E-state index in [0.29, 0.717) is 37.2 Å². The lowest BCUT2D eigenvalue weighted by Gasteiger charge is -2.36. The van der Waals surface area contributed by atoms with Crippen molar-refractivity contribution in [3.63, 3.8) is 0 Å². The van der Waals surface area contributed by atoms with E-state index in [2.05, 4.69) is 4.98 Å². The number of carbonyl (C=O) groups is 1. The molecule has 138 valence electrons. The Morgan fingerprint density at radius 1 is 1.27 bits per heavy atom. The van der Waals surface area contributed by atoms with Gasteiger partial charge < -0.3 is 5.11 Å². The number of nitrogens with zero attached hydrogens (tertiary/aromatic N) is 2. The van der Waals surface area contributed by atoms with Gasteiger partial charge in [0.1, 0.15) is 11.6 Å². The average molecular weight is 360 g/mol. The molecular weight excluding hydrogens is 338 g/mol. The number of aliphatic carboxylic acids is 1. The van der Waals surface area contributed by atoms with Crippen molar-refractivity contribution >= 4 is 5.97 Å². The summed E-state index contributed by atoms with van der Waals surface area (Å²) >= 11 is 0. The molecule has 0 amide bonds. The van der Waals surface area contributed by atoms with Crippen molar-refractivity contribution in [2.75, 3.05) is 13.1 Å². The first-order valence-electron chi connectivity index (χ1n) is 8.86. The highest BCUT2D eigenvalue weighted by Gasteiger charge is 2.32. The van der Waals surface area contributed by atoms with Gasteiger partial charge in [-0.05, 0) is 50.0 Å². The van der Waals surface area contributed by atoms with E-state index < -0.39 is 23.6 Å². The normalized spacial score (nSPS) is 17.2. The monoisotopic (exact) mass is 360 g/mol. The van der Waals surface area contributed by atoms with Crippen molar-refractivity contribution in [3.05, 3.63) is 65.0 Å². The number of pyridine rings is 1. The van der Waals surface area contributed by atoms with Crippen LogP contribution in [0.5, 0.6) is 0 Å². The lowest BCUT2D eigenvalue weighted by molar-refractivity contribution is -0.143. The van der Waals surface area contributed by atoms with Gasteiger partial charge in [-0.3, -0.25) is 14.7 Å². The largest absolute Gasteiger partial charge is 0.481 e. The smallest absolute Gasteiger partial charge is 0.306 e. The van der Waals surface area contributed by atoms with Crippen molar-refractivity contribution in [2.45, 2.75) is 32.2 Å². The first-order chi connectivity index (χ1) is 12.5. The van der Waals surface area contributed by atoms with Crippen LogP contribution in [0.1, 0.15) is 42.6 Å². The third-order valence-corrected chi connectivity index (χ3v) is 5.04. The molecule has 1 aromatic carbocycles. The summed E-state index contributed by atoms with van der Waals surface area (Å²) < 4.78 is 27.9. The number of piperidine rings is 1. The molecule has 1 atom stereocenters. The zero-order valence-electron chi connectivity index (χ0n) is 14.7. The van der Waals surface area contributed by atoms with Crippen LogP contribution in [0.15, 0.2) is 36.5 Å². The minimum absolute atomic E-state index is 0.358. The van der Waals surface area contributed by atoms with Crippen LogP contribution in [0, 0.1) is 17.6 Å². The number of halogens is 2. The number of rotatable bonds is 5. The molecule has 6 heteroatoms. The van der Waals surface area contributed by atoms with Gasteiger partial charge in [0.2, 0.25) is 0 Å². The number of hydrogen-bond acceptors (Lipinski definition) is 3. The Morgan fingerprint density at radius 2 is 2.00 bits per heavy atom. The predicted molar refractivity (Wildman–Crippen MR) is 93.7 cm³/mol. The van der Waals surface area contributed by atoms with Crippen LogP contribution >= 0.6 is 0 Å². The summed E-state index contributed by atoms with van der Waals surface area (Å²) in [5.41, 5.74) is 2.12. The average Bonchev–Trinajstić information content (AvgIpc) is 2.64. The van der Waals surface area contributed by atoms with Gasteiger partial charge in [-0.15, -0.1) is 0 Å². The Labute approximate surface area is 151 Å². The lowest BCUT2D eigenvalue weighted by atomic mass is 9.92. The molecular formula is C20H22F2N2O2. The van der Waals surface area contributed by atoms with Crippen LogP contribution in [-0.2, 0) is 11.2 Å². The van der Waals surface area contributed by atoms with E-state index in [1.165, 1.54) is 12.1 Å². The highest BCUT2D eigenvalue weighted by molar-refractivity contribution is 5.70. The molecule has 0 bridgehead atoms. The molecule has 26 heavy (non-hydrogen) atoms. The molecule has 1 aromatic heterocycles. The third kappa shape index (κ3) is 3.90. The predicted octanol–water partition coefficient (Wildman–Crippen LogP) is 3.81. The summed E-state index contributed by atoms with van der Waals surface area (Å²) in [5, 5.41) is 9.20. The first kappa shape index (κ1) is 18.5. The lowest BCUT2D eigenvalue weighted by Crippen LogP contribution is -2.39. The minimum atomic E-state index is -0.792. The van der Waals surface area contributed by atoms with Gasteiger partial charge in [-0.1, -0.05) is 19.1 Å². The van der Waals surface area contributed by atoms with Gasteiger partial charge >= 0.3 is 5.97 Å². The summed E-state index contributed by atoms with van der Waals surface area (Å²) in [7, 11) is 0. The van der Waals surface area contributed by atoms with Crippen molar-refractivity contribution < 1.29 is 18.7 Å². The van der Waals surface area contributed by atoms with Crippen LogP contribution in [0.2, 0.25) is 0 Å². The zero-order valence-corrected chi connectivity index (χ0v) is 14.7. The highest BCUT2D eigenvalue weighted by atomic mass is 19.1. The quantitative estimate of drug-likeness (QED) is 0.881. The highest BCUT2D eigenvalue weighted by Crippen LogP contribution is 2.33. The number of aryl methyl sites for hydroxylation is 1. The maximum absolute atomic E-state index is 14.5. The summed E-state index contributed by atoms with van der Waals surface area (Å²) in [4.78, 5) is 17.7. The van der Waals surface area contributed by atoms with E-state index >= 15 is 0 Å². The molecule has 0 radical (unpaired) electrons. The number of benzene rings is 1. The van der Waals surface area contributed by atoms with Crippen LogP contribution < -0.4 is 0 Å². The van der Waals surface area contributed by atoms with Crippen LogP contribution in [0.25, 0.3) is 0 Å². The van der Waals surface area contributed by atoms with E-state index in [4.69, 9.17) is 0 Å². The number of hydrogen-bond donors (Lipinski definition) is 1. The van der Waals surface area contributed by atoms with Gasteiger partial charge in [-0.25, -0.2) is 8.78 Å². The molecule has 0 spiro atoms. The van der Waals surface area contributed by atoms with Gasteiger partial charge in [0.05, 0.1) is 17.7 Å². The molecule has 1 aliphatic rings. The van der Waals surface area contributed by atoms with Gasteiger partial charge in [-0.2, -0.15) is 0 Å². The summed E-state index contributed by atoms with van der Waals surface area (Å²) in [6.07, 6.45) is 3.63. The van der Waals surface area contributed by atoms with Crippen molar-refractivity contribution in [3.8, 4) is 0 Å². The Morgan fingerprint density at radius 3 is 2.54 bits per heavy atom. The van der Waals surface area contributed by atoms with Crippen LogP contribution in [0.4, 0.5) is 8.78 Å². The number of likely N-dealkylation sites (tertiary alicyclic amines) is 1. The molecule has 0 saturated carbocycles. The zero-order chi connectivity index (χ0) is 18.7. The molecule has 1 unspecified atom stereocenters. The maximum atomic E-state index is 14.5. The van der Waals surface area contributed by atoms with Crippen molar-refractivity contribution in [1.29, 1.82) is 0 Å². The fourth-order valence-corrected chi connectivity index (χ4v) is 3.48. The van der Waals surface area contributed by atoms with Crippen molar-refractivity contribution in [1.82, 2.24) is 9.88 Å². The van der Waals surface area contributed by atoms with E-state index in [1.807, 2.05) is 24.0 Å².